The number of aromatic nitrogens is 2. The third kappa shape index (κ3) is 3.75. The topological polar surface area (TPSA) is 87.2 Å². The number of hydrogen-bond donors (Lipinski definition) is 3. The molecule has 0 aliphatic heterocycles. The molecule has 6 nitrogen and oxygen atoms in total. The number of aromatic amines is 1. The average Bonchev–Trinajstić information content (AvgIpc) is 2.89. The SMILES string of the molecule is COc1ccc(O)c(C(=O)NCCCc2cn[nH]c2C)c1. The van der Waals surface area contributed by atoms with Gasteiger partial charge in [-0.05, 0) is 43.5 Å². The molecule has 0 atom stereocenters. The van der Waals surface area contributed by atoms with Crippen molar-refractivity contribution in [1.29, 1.82) is 0 Å². The van der Waals surface area contributed by atoms with Crippen molar-refractivity contribution in [2.45, 2.75) is 19.8 Å². The molecule has 0 saturated heterocycles. The predicted molar refractivity (Wildman–Crippen MR) is 78.6 cm³/mol. The second-order valence-corrected chi connectivity index (χ2v) is 4.76. The molecule has 1 amide bonds. The molecule has 2 rings (SSSR count). The Balaban J connectivity index is 1.86. The van der Waals surface area contributed by atoms with Crippen LogP contribution in [0.1, 0.15) is 28.0 Å². The number of carbonyl (C=O) groups is 1. The van der Waals surface area contributed by atoms with Gasteiger partial charge in [-0.2, -0.15) is 5.10 Å². The van der Waals surface area contributed by atoms with Gasteiger partial charge in [-0.1, -0.05) is 0 Å². The molecule has 6 heteroatoms. The maximum Gasteiger partial charge on any atom is 0.255 e. The first kappa shape index (κ1) is 14.9. The number of methoxy groups -OCH3 is 1. The maximum absolute atomic E-state index is 12.0. The van der Waals surface area contributed by atoms with E-state index < -0.39 is 0 Å². The van der Waals surface area contributed by atoms with Gasteiger partial charge in [-0.15, -0.1) is 0 Å². The molecular formula is C15H19N3O3. The normalized spacial score (nSPS) is 10.4. The molecule has 21 heavy (non-hydrogen) atoms. The van der Waals surface area contributed by atoms with Crippen LogP contribution in [0.5, 0.6) is 11.5 Å². The summed E-state index contributed by atoms with van der Waals surface area (Å²) in [6.07, 6.45) is 3.44. The number of phenols is 1. The minimum Gasteiger partial charge on any atom is -0.507 e. The number of benzene rings is 1. The van der Waals surface area contributed by atoms with Crippen molar-refractivity contribution < 1.29 is 14.6 Å². The van der Waals surface area contributed by atoms with Crippen molar-refractivity contribution in [3.8, 4) is 11.5 Å². The van der Waals surface area contributed by atoms with Gasteiger partial charge in [0, 0.05) is 12.2 Å². The number of aryl methyl sites for hydroxylation is 2. The first-order valence-corrected chi connectivity index (χ1v) is 6.76. The number of aromatic hydroxyl groups is 1. The van der Waals surface area contributed by atoms with E-state index in [4.69, 9.17) is 4.74 Å². The molecule has 0 bridgehead atoms. The highest BCUT2D eigenvalue weighted by molar-refractivity contribution is 5.97. The first-order chi connectivity index (χ1) is 10.1. The third-order valence-corrected chi connectivity index (χ3v) is 3.29. The summed E-state index contributed by atoms with van der Waals surface area (Å²) in [5, 5.41) is 19.3. The summed E-state index contributed by atoms with van der Waals surface area (Å²) in [4.78, 5) is 12.0. The lowest BCUT2D eigenvalue weighted by Gasteiger charge is -2.08. The molecular weight excluding hydrogens is 270 g/mol. The lowest BCUT2D eigenvalue weighted by atomic mass is 10.1. The lowest BCUT2D eigenvalue weighted by molar-refractivity contribution is 0.0950. The van der Waals surface area contributed by atoms with Crippen LogP contribution >= 0.6 is 0 Å². The fraction of sp³-hybridized carbons (Fsp3) is 0.333. The molecule has 0 fully saturated rings. The molecule has 0 saturated carbocycles. The monoisotopic (exact) mass is 289 g/mol. The number of nitrogens with one attached hydrogen (secondary N) is 2. The molecule has 1 heterocycles. The number of nitrogens with zero attached hydrogens (tertiary/aromatic N) is 1. The van der Waals surface area contributed by atoms with E-state index >= 15 is 0 Å². The average molecular weight is 289 g/mol. The van der Waals surface area contributed by atoms with Gasteiger partial charge in [0.15, 0.2) is 0 Å². The van der Waals surface area contributed by atoms with Crippen LogP contribution in [0.4, 0.5) is 0 Å². The second-order valence-electron chi connectivity index (χ2n) is 4.76. The van der Waals surface area contributed by atoms with Gasteiger partial charge in [0.1, 0.15) is 11.5 Å². The Morgan fingerprint density at radius 2 is 2.29 bits per heavy atom. The number of hydrogen-bond acceptors (Lipinski definition) is 4. The highest BCUT2D eigenvalue weighted by Crippen LogP contribution is 2.22. The zero-order chi connectivity index (χ0) is 15.2. The Bertz CT molecular complexity index is 622. The fourth-order valence-electron chi connectivity index (χ4n) is 2.03. The van der Waals surface area contributed by atoms with Crippen LogP contribution in [-0.2, 0) is 6.42 Å². The van der Waals surface area contributed by atoms with E-state index in [0.717, 1.165) is 24.1 Å². The summed E-state index contributed by atoms with van der Waals surface area (Å²) in [5.41, 5.74) is 2.41. The standard InChI is InChI=1S/C15H19N3O3/c1-10-11(9-17-18-10)4-3-7-16-15(20)13-8-12(21-2)5-6-14(13)19/h5-6,8-9,19H,3-4,7H2,1-2H3,(H,16,20)(H,17,18). The van der Waals surface area contributed by atoms with Gasteiger partial charge < -0.3 is 15.2 Å². The van der Waals surface area contributed by atoms with Crippen LogP contribution < -0.4 is 10.1 Å². The maximum atomic E-state index is 12.0. The van der Waals surface area contributed by atoms with Crippen molar-refractivity contribution in [3.05, 3.63) is 41.2 Å². The van der Waals surface area contributed by atoms with Crippen molar-refractivity contribution >= 4 is 5.91 Å². The summed E-state index contributed by atoms with van der Waals surface area (Å²) in [7, 11) is 1.52. The Labute approximate surface area is 123 Å². The van der Waals surface area contributed by atoms with Crippen LogP contribution in [-0.4, -0.2) is 34.9 Å². The summed E-state index contributed by atoms with van der Waals surface area (Å²) < 4.78 is 5.05. The molecule has 0 unspecified atom stereocenters. The quantitative estimate of drug-likeness (QED) is 0.708. The zero-order valence-corrected chi connectivity index (χ0v) is 12.1. The van der Waals surface area contributed by atoms with Gasteiger partial charge in [-0.25, -0.2) is 0 Å². The van der Waals surface area contributed by atoms with E-state index in [-0.39, 0.29) is 17.2 Å². The van der Waals surface area contributed by atoms with Crippen molar-refractivity contribution in [3.63, 3.8) is 0 Å². The number of phenolic OH excluding ortho intramolecular Hbond substituents is 1. The summed E-state index contributed by atoms with van der Waals surface area (Å²) in [6.45, 7) is 2.50. The molecule has 1 aromatic carbocycles. The molecule has 0 aliphatic rings. The van der Waals surface area contributed by atoms with Crippen LogP contribution in [0.15, 0.2) is 24.4 Å². The van der Waals surface area contributed by atoms with Gasteiger partial charge in [0.25, 0.3) is 5.91 Å². The van der Waals surface area contributed by atoms with E-state index in [2.05, 4.69) is 15.5 Å². The summed E-state index contributed by atoms with van der Waals surface area (Å²) in [5.74, 6) is 0.168. The first-order valence-electron chi connectivity index (χ1n) is 6.76. The van der Waals surface area contributed by atoms with Gasteiger partial charge >= 0.3 is 0 Å². The lowest BCUT2D eigenvalue weighted by Crippen LogP contribution is -2.24. The number of H-pyrrole nitrogens is 1. The molecule has 2 aromatic rings. The zero-order valence-electron chi connectivity index (χ0n) is 12.1. The number of carbonyl (C=O) groups excluding carboxylic acids is 1. The number of rotatable bonds is 6. The van der Waals surface area contributed by atoms with Crippen molar-refractivity contribution in [1.82, 2.24) is 15.5 Å². The Morgan fingerprint density at radius 3 is 2.95 bits per heavy atom. The molecule has 112 valence electrons. The van der Waals surface area contributed by atoms with Gasteiger partial charge in [-0.3, -0.25) is 9.89 Å². The molecule has 0 radical (unpaired) electrons. The van der Waals surface area contributed by atoms with Crippen LogP contribution in [0, 0.1) is 6.92 Å². The Morgan fingerprint density at radius 1 is 1.48 bits per heavy atom. The van der Waals surface area contributed by atoms with Crippen molar-refractivity contribution in [2.24, 2.45) is 0 Å². The molecule has 0 spiro atoms. The largest absolute Gasteiger partial charge is 0.507 e. The Hall–Kier alpha value is -2.50. The molecule has 1 aromatic heterocycles. The minimum absolute atomic E-state index is 0.0565. The predicted octanol–water partition coefficient (Wildman–Crippen LogP) is 1.79. The number of amides is 1. The van der Waals surface area contributed by atoms with Crippen molar-refractivity contribution in [2.75, 3.05) is 13.7 Å². The Kier molecular flexibility index (Phi) is 4.81. The van der Waals surface area contributed by atoms with E-state index in [1.54, 1.807) is 12.3 Å². The third-order valence-electron chi connectivity index (χ3n) is 3.29. The van der Waals surface area contributed by atoms with E-state index in [1.807, 2.05) is 6.92 Å². The van der Waals surface area contributed by atoms with Gasteiger partial charge in [0.2, 0.25) is 0 Å². The van der Waals surface area contributed by atoms with E-state index in [1.165, 1.54) is 19.2 Å². The second kappa shape index (κ2) is 6.78. The highest BCUT2D eigenvalue weighted by Gasteiger charge is 2.12. The number of ether oxygens (including phenoxy) is 1. The smallest absolute Gasteiger partial charge is 0.255 e. The van der Waals surface area contributed by atoms with Crippen LogP contribution in [0.3, 0.4) is 0 Å². The van der Waals surface area contributed by atoms with Gasteiger partial charge in [0.05, 0.1) is 18.9 Å². The van der Waals surface area contributed by atoms with Crippen LogP contribution in [0.25, 0.3) is 0 Å². The fourth-order valence-corrected chi connectivity index (χ4v) is 2.03. The van der Waals surface area contributed by atoms with E-state index in [0.29, 0.717) is 12.3 Å². The molecule has 0 aliphatic carbocycles. The summed E-state index contributed by atoms with van der Waals surface area (Å²) >= 11 is 0. The highest BCUT2D eigenvalue weighted by atomic mass is 16.5. The minimum atomic E-state index is -0.310. The summed E-state index contributed by atoms with van der Waals surface area (Å²) in [6, 6.07) is 4.57. The molecule has 3 N–H and O–H groups in total. The van der Waals surface area contributed by atoms with Crippen LogP contribution in [0.2, 0.25) is 0 Å². The van der Waals surface area contributed by atoms with E-state index in [9.17, 15) is 9.90 Å².